The van der Waals surface area contributed by atoms with Gasteiger partial charge in [0.1, 0.15) is 5.75 Å². The fourth-order valence-corrected chi connectivity index (χ4v) is 1.62. The van der Waals surface area contributed by atoms with Gasteiger partial charge in [0.2, 0.25) is 5.95 Å². The highest BCUT2D eigenvalue weighted by atomic mass is 35.5. The maximum absolute atomic E-state index is 11.7. The van der Waals surface area contributed by atoms with Crippen molar-refractivity contribution in [3.05, 3.63) is 41.7 Å². The molecule has 2 rings (SSSR count). The smallest absolute Gasteiger partial charge is 0.262 e. The van der Waals surface area contributed by atoms with E-state index in [-0.39, 0.29) is 12.5 Å². The molecule has 21 heavy (non-hydrogen) atoms. The summed E-state index contributed by atoms with van der Waals surface area (Å²) in [5, 5.41) is 3.27. The van der Waals surface area contributed by atoms with Gasteiger partial charge in [-0.1, -0.05) is 11.6 Å². The van der Waals surface area contributed by atoms with E-state index in [1.165, 1.54) is 0 Å². The van der Waals surface area contributed by atoms with E-state index in [4.69, 9.17) is 16.3 Å². The van der Waals surface area contributed by atoms with Crippen molar-refractivity contribution < 1.29 is 9.53 Å². The monoisotopic (exact) mass is 306 g/mol. The second-order valence-corrected chi connectivity index (χ2v) is 4.89. The van der Waals surface area contributed by atoms with Gasteiger partial charge < -0.3 is 15.0 Å². The van der Waals surface area contributed by atoms with Crippen molar-refractivity contribution in [1.29, 1.82) is 0 Å². The molecule has 0 fully saturated rings. The molecule has 0 aliphatic heterocycles. The Morgan fingerprint density at radius 3 is 2.43 bits per heavy atom. The predicted octanol–water partition coefficient (Wildman–Crippen LogP) is 2.21. The van der Waals surface area contributed by atoms with Crippen LogP contribution in [-0.4, -0.2) is 36.6 Å². The van der Waals surface area contributed by atoms with Crippen LogP contribution in [-0.2, 0) is 4.79 Å². The normalized spacial score (nSPS) is 10.0. The van der Waals surface area contributed by atoms with Crippen molar-refractivity contribution in [2.24, 2.45) is 0 Å². The maximum Gasteiger partial charge on any atom is 0.262 e. The summed E-state index contributed by atoms with van der Waals surface area (Å²) in [4.78, 5) is 21.7. The molecule has 0 aliphatic rings. The van der Waals surface area contributed by atoms with E-state index in [0.29, 0.717) is 22.4 Å². The Labute approximate surface area is 127 Å². The van der Waals surface area contributed by atoms with Gasteiger partial charge in [0, 0.05) is 19.1 Å². The molecule has 2 aromatic rings. The molecular formula is C14H15ClN4O2. The highest BCUT2D eigenvalue weighted by molar-refractivity contribution is 6.30. The number of rotatable bonds is 5. The van der Waals surface area contributed by atoms with Gasteiger partial charge in [0.25, 0.3) is 5.91 Å². The van der Waals surface area contributed by atoms with Gasteiger partial charge in [-0.2, -0.15) is 0 Å². The molecule has 0 atom stereocenters. The first-order chi connectivity index (χ1) is 10.0. The maximum atomic E-state index is 11.7. The second-order valence-electron chi connectivity index (χ2n) is 4.46. The van der Waals surface area contributed by atoms with Crippen LogP contribution < -0.4 is 15.0 Å². The van der Waals surface area contributed by atoms with Crippen molar-refractivity contribution >= 4 is 29.1 Å². The van der Waals surface area contributed by atoms with Crippen LogP contribution in [0, 0.1) is 0 Å². The van der Waals surface area contributed by atoms with Crippen molar-refractivity contribution in [3.63, 3.8) is 0 Å². The summed E-state index contributed by atoms with van der Waals surface area (Å²) < 4.78 is 5.34. The Bertz CT molecular complexity index is 599. The zero-order chi connectivity index (χ0) is 15.2. The third-order valence-electron chi connectivity index (χ3n) is 2.51. The van der Waals surface area contributed by atoms with E-state index >= 15 is 0 Å². The lowest BCUT2D eigenvalue weighted by Crippen LogP contribution is -2.20. The minimum atomic E-state index is -0.286. The number of anilines is 2. The zero-order valence-corrected chi connectivity index (χ0v) is 12.5. The van der Waals surface area contributed by atoms with Crippen LogP contribution >= 0.6 is 11.6 Å². The van der Waals surface area contributed by atoms with E-state index in [0.717, 1.165) is 0 Å². The summed E-state index contributed by atoms with van der Waals surface area (Å²) in [6, 6.07) is 6.79. The van der Waals surface area contributed by atoms with E-state index < -0.39 is 0 Å². The Kier molecular flexibility index (Phi) is 4.94. The number of ether oxygens (including phenoxy) is 1. The number of nitrogens with zero attached hydrogens (tertiary/aromatic N) is 3. The number of nitrogens with one attached hydrogen (secondary N) is 1. The van der Waals surface area contributed by atoms with Crippen molar-refractivity contribution in [2.75, 3.05) is 30.9 Å². The van der Waals surface area contributed by atoms with Crippen molar-refractivity contribution in [2.45, 2.75) is 0 Å². The highest BCUT2D eigenvalue weighted by Gasteiger charge is 2.05. The molecule has 0 radical (unpaired) electrons. The summed E-state index contributed by atoms with van der Waals surface area (Å²) in [7, 11) is 3.68. The summed E-state index contributed by atoms with van der Waals surface area (Å²) >= 11 is 5.76. The first-order valence-corrected chi connectivity index (χ1v) is 6.60. The fraction of sp³-hybridized carbons (Fsp3) is 0.214. The lowest BCUT2D eigenvalue weighted by Gasteiger charge is -2.10. The van der Waals surface area contributed by atoms with Crippen LogP contribution in [0.15, 0.2) is 36.7 Å². The summed E-state index contributed by atoms with van der Waals surface area (Å²) in [5.41, 5.74) is 0.519. The molecule has 0 aliphatic carbocycles. The number of carbonyl (C=O) groups excluding carboxylic acids is 1. The molecule has 1 aromatic carbocycles. The molecule has 1 heterocycles. The molecular weight excluding hydrogens is 292 g/mol. The minimum Gasteiger partial charge on any atom is -0.484 e. The van der Waals surface area contributed by atoms with Gasteiger partial charge in [0.05, 0.1) is 18.1 Å². The second kappa shape index (κ2) is 6.90. The topological polar surface area (TPSA) is 67.4 Å². The number of amides is 1. The Morgan fingerprint density at radius 1 is 1.24 bits per heavy atom. The standard InChI is InChI=1S/C14H15ClN4O2/c1-19(2)14-16-7-11(8-17-14)18-13(20)9-21-12-5-3-10(15)4-6-12/h3-8H,9H2,1-2H3,(H,18,20). The number of aromatic nitrogens is 2. The third kappa shape index (κ3) is 4.61. The quantitative estimate of drug-likeness (QED) is 0.917. The number of hydrogen-bond donors (Lipinski definition) is 1. The van der Waals surface area contributed by atoms with E-state index in [1.807, 2.05) is 14.1 Å². The molecule has 6 nitrogen and oxygen atoms in total. The van der Waals surface area contributed by atoms with Crippen LogP contribution in [0.1, 0.15) is 0 Å². The van der Waals surface area contributed by atoms with E-state index in [2.05, 4.69) is 15.3 Å². The van der Waals surface area contributed by atoms with E-state index in [1.54, 1.807) is 41.6 Å². The SMILES string of the molecule is CN(C)c1ncc(NC(=O)COc2ccc(Cl)cc2)cn1. The first-order valence-electron chi connectivity index (χ1n) is 6.22. The molecule has 0 unspecified atom stereocenters. The molecule has 0 saturated heterocycles. The van der Waals surface area contributed by atoms with Gasteiger partial charge in [-0.25, -0.2) is 9.97 Å². The molecule has 0 bridgehead atoms. The molecule has 110 valence electrons. The number of hydrogen-bond acceptors (Lipinski definition) is 5. The number of halogens is 1. The number of benzene rings is 1. The average molecular weight is 307 g/mol. The summed E-state index contributed by atoms with van der Waals surface area (Å²) in [6.07, 6.45) is 3.09. The van der Waals surface area contributed by atoms with Gasteiger partial charge in [0.15, 0.2) is 6.61 Å². The molecule has 0 saturated carbocycles. The first kappa shape index (κ1) is 15.1. The van der Waals surface area contributed by atoms with Gasteiger partial charge >= 0.3 is 0 Å². The lowest BCUT2D eigenvalue weighted by molar-refractivity contribution is -0.118. The van der Waals surface area contributed by atoms with Gasteiger partial charge in [-0.15, -0.1) is 0 Å². The molecule has 1 aromatic heterocycles. The van der Waals surface area contributed by atoms with E-state index in [9.17, 15) is 4.79 Å². The Balaban J connectivity index is 1.85. The highest BCUT2D eigenvalue weighted by Crippen LogP contribution is 2.15. The molecule has 7 heteroatoms. The summed E-state index contributed by atoms with van der Waals surface area (Å²) in [6.45, 7) is -0.100. The van der Waals surface area contributed by atoms with Crippen molar-refractivity contribution in [3.8, 4) is 5.75 Å². The van der Waals surface area contributed by atoms with Gasteiger partial charge in [-0.05, 0) is 24.3 Å². The average Bonchev–Trinajstić information content (AvgIpc) is 2.47. The molecule has 1 N–H and O–H groups in total. The van der Waals surface area contributed by atoms with Crippen LogP contribution in [0.3, 0.4) is 0 Å². The predicted molar refractivity (Wildman–Crippen MR) is 81.9 cm³/mol. The van der Waals surface area contributed by atoms with Crippen LogP contribution in [0.4, 0.5) is 11.6 Å². The lowest BCUT2D eigenvalue weighted by atomic mass is 10.3. The zero-order valence-electron chi connectivity index (χ0n) is 11.7. The molecule has 1 amide bonds. The van der Waals surface area contributed by atoms with Crippen LogP contribution in [0.2, 0.25) is 5.02 Å². The van der Waals surface area contributed by atoms with Crippen LogP contribution in [0.5, 0.6) is 5.75 Å². The third-order valence-corrected chi connectivity index (χ3v) is 2.76. The summed E-state index contributed by atoms with van der Waals surface area (Å²) in [5.74, 6) is 0.866. The Morgan fingerprint density at radius 2 is 1.86 bits per heavy atom. The van der Waals surface area contributed by atoms with Gasteiger partial charge in [-0.3, -0.25) is 4.79 Å². The fourth-order valence-electron chi connectivity index (χ4n) is 1.49. The minimum absolute atomic E-state index is 0.100. The van der Waals surface area contributed by atoms with Crippen molar-refractivity contribution in [1.82, 2.24) is 9.97 Å². The number of carbonyl (C=O) groups is 1. The largest absolute Gasteiger partial charge is 0.484 e. The Hall–Kier alpha value is -2.34. The molecule has 0 spiro atoms. The van der Waals surface area contributed by atoms with Crippen LogP contribution in [0.25, 0.3) is 0 Å².